The number of nitrogens with zero attached hydrogens (tertiary/aromatic N) is 2. The number of nitrogens with one attached hydrogen (secondary N) is 2. The van der Waals surface area contributed by atoms with Gasteiger partial charge in [-0.25, -0.2) is 9.48 Å². The first kappa shape index (κ1) is 16.6. The minimum atomic E-state index is -0.992. The molecule has 2 heterocycles. The van der Waals surface area contributed by atoms with Gasteiger partial charge in [-0.05, 0) is 30.3 Å². The third-order valence-corrected chi connectivity index (χ3v) is 4.71. The molecule has 132 valence electrons. The lowest BCUT2D eigenvalue weighted by molar-refractivity contribution is 0.0697. The second kappa shape index (κ2) is 6.82. The molecule has 26 heavy (non-hydrogen) atoms. The molecule has 0 saturated heterocycles. The summed E-state index contributed by atoms with van der Waals surface area (Å²) in [6, 6.07) is 14.5. The third kappa shape index (κ3) is 3.05. The second-order valence-corrected chi connectivity index (χ2v) is 6.48. The summed E-state index contributed by atoms with van der Waals surface area (Å²) in [5.41, 5.74) is 3.80. The van der Waals surface area contributed by atoms with E-state index >= 15 is 0 Å². The normalized spacial score (nSPS) is 13.3. The predicted octanol–water partition coefficient (Wildman–Crippen LogP) is 3.61. The molecule has 3 aromatic rings. The van der Waals surface area contributed by atoms with Gasteiger partial charge in [0.1, 0.15) is 0 Å². The van der Waals surface area contributed by atoms with E-state index in [2.05, 4.69) is 10.6 Å². The van der Waals surface area contributed by atoms with E-state index in [4.69, 9.17) is 16.7 Å². The van der Waals surface area contributed by atoms with Crippen LogP contribution in [-0.4, -0.2) is 27.4 Å². The van der Waals surface area contributed by atoms with Crippen molar-refractivity contribution >= 4 is 29.1 Å². The Morgan fingerprint density at radius 2 is 2.04 bits per heavy atom. The molecule has 1 aliphatic rings. The van der Waals surface area contributed by atoms with Crippen LogP contribution in [0.3, 0.4) is 0 Å². The van der Waals surface area contributed by atoms with E-state index < -0.39 is 5.97 Å². The van der Waals surface area contributed by atoms with Crippen molar-refractivity contribution in [3.63, 3.8) is 0 Å². The van der Waals surface area contributed by atoms with Crippen molar-refractivity contribution < 1.29 is 9.90 Å². The van der Waals surface area contributed by atoms with Gasteiger partial charge in [0.25, 0.3) is 0 Å². The number of benzene rings is 2. The summed E-state index contributed by atoms with van der Waals surface area (Å²) in [4.78, 5) is 11.3. The van der Waals surface area contributed by atoms with Crippen LogP contribution in [0.2, 0.25) is 5.02 Å². The number of hydrogen-bond donors (Lipinski definition) is 3. The van der Waals surface area contributed by atoms with E-state index in [1.54, 1.807) is 16.8 Å². The van der Waals surface area contributed by atoms with E-state index in [0.29, 0.717) is 17.3 Å². The highest BCUT2D eigenvalue weighted by Gasteiger charge is 2.23. The molecule has 0 bridgehead atoms. The van der Waals surface area contributed by atoms with Crippen LogP contribution in [0, 0.1) is 0 Å². The molecule has 0 radical (unpaired) electrons. The van der Waals surface area contributed by atoms with Crippen molar-refractivity contribution in [3.8, 4) is 5.69 Å². The molecular weight excluding hydrogens is 352 g/mol. The Kier molecular flexibility index (Phi) is 4.36. The molecule has 7 heteroatoms. The van der Waals surface area contributed by atoms with Gasteiger partial charge in [0.2, 0.25) is 0 Å². The average Bonchev–Trinajstić information content (AvgIpc) is 3.01. The lowest BCUT2D eigenvalue weighted by Gasteiger charge is -2.16. The molecule has 2 aromatic carbocycles. The quantitative estimate of drug-likeness (QED) is 0.655. The number of hydrogen-bond acceptors (Lipinski definition) is 4. The predicted molar refractivity (Wildman–Crippen MR) is 101 cm³/mol. The van der Waals surface area contributed by atoms with Gasteiger partial charge in [-0.1, -0.05) is 29.8 Å². The molecule has 0 unspecified atom stereocenters. The van der Waals surface area contributed by atoms with Crippen molar-refractivity contribution in [2.45, 2.75) is 13.0 Å². The smallest absolute Gasteiger partial charge is 0.335 e. The minimum Gasteiger partial charge on any atom is -0.478 e. The number of aromatic carboxylic acids is 1. The number of carboxylic acid groups (broad SMARTS) is 1. The standard InChI is InChI=1S/C19H17ClN4O2/c20-15-7-6-12(19(25)26)10-17(15)24-16-8-9-21-11-14(16)18(23-24)22-13-4-2-1-3-5-13/h1-7,10,21H,8-9,11H2,(H,22,23)(H,25,26). The van der Waals surface area contributed by atoms with Crippen molar-refractivity contribution in [1.29, 1.82) is 0 Å². The summed E-state index contributed by atoms with van der Waals surface area (Å²) >= 11 is 6.36. The van der Waals surface area contributed by atoms with Gasteiger partial charge in [-0.15, -0.1) is 5.10 Å². The average molecular weight is 369 g/mol. The Hall–Kier alpha value is -2.83. The number of para-hydroxylation sites is 1. The number of rotatable bonds is 4. The molecule has 1 aromatic heterocycles. The summed E-state index contributed by atoms with van der Waals surface area (Å²) in [6.45, 7) is 1.53. The summed E-state index contributed by atoms with van der Waals surface area (Å²) in [5, 5.41) is 21.2. The topological polar surface area (TPSA) is 79.2 Å². The maximum Gasteiger partial charge on any atom is 0.335 e. The number of carboxylic acids is 1. The van der Waals surface area contributed by atoms with E-state index in [1.807, 2.05) is 30.3 Å². The molecule has 6 nitrogen and oxygen atoms in total. The molecule has 0 atom stereocenters. The highest BCUT2D eigenvalue weighted by Crippen LogP contribution is 2.31. The zero-order chi connectivity index (χ0) is 18.1. The zero-order valence-electron chi connectivity index (χ0n) is 13.9. The van der Waals surface area contributed by atoms with E-state index in [0.717, 1.165) is 35.7 Å². The molecule has 1 aliphatic heterocycles. The van der Waals surface area contributed by atoms with E-state index in [9.17, 15) is 9.90 Å². The molecule has 0 fully saturated rings. The molecule has 0 amide bonds. The summed E-state index contributed by atoms with van der Waals surface area (Å²) in [7, 11) is 0. The van der Waals surface area contributed by atoms with Gasteiger partial charge < -0.3 is 15.7 Å². The first-order valence-electron chi connectivity index (χ1n) is 8.30. The largest absolute Gasteiger partial charge is 0.478 e. The summed E-state index contributed by atoms with van der Waals surface area (Å²) in [6.07, 6.45) is 0.784. The van der Waals surface area contributed by atoms with Crippen LogP contribution < -0.4 is 10.6 Å². The summed E-state index contributed by atoms with van der Waals surface area (Å²) < 4.78 is 1.76. The highest BCUT2D eigenvalue weighted by molar-refractivity contribution is 6.32. The highest BCUT2D eigenvalue weighted by atomic mass is 35.5. The molecule has 3 N–H and O–H groups in total. The molecule has 0 saturated carbocycles. The lowest BCUT2D eigenvalue weighted by Crippen LogP contribution is -2.24. The Morgan fingerprint density at radius 3 is 2.81 bits per heavy atom. The van der Waals surface area contributed by atoms with Gasteiger partial charge in [0.05, 0.1) is 22.0 Å². The van der Waals surface area contributed by atoms with Crippen LogP contribution in [0.25, 0.3) is 5.69 Å². The molecule has 0 spiro atoms. The third-order valence-electron chi connectivity index (χ3n) is 4.39. The Balaban J connectivity index is 1.82. The second-order valence-electron chi connectivity index (χ2n) is 6.07. The monoisotopic (exact) mass is 368 g/mol. The minimum absolute atomic E-state index is 0.181. The zero-order valence-corrected chi connectivity index (χ0v) is 14.6. The van der Waals surface area contributed by atoms with Crippen molar-refractivity contribution in [2.75, 3.05) is 11.9 Å². The first-order valence-corrected chi connectivity index (χ1v) is 8.68. The number of halogens is 1. The maximum atomic E-state index is 11.3. The Labute approximate surface area is 155 Å². The molecular formula is C19H17ClN4O2. The van der Waals surface area contributed by atoms with Crippen LogP contribution in [0.1, 0.15) is 21.6 Å². The molecule has 4 rings (SSSR count). The van der Waals surface area contributed by atoms with Gasteiger partial charge >= 0.3 is 5.97 Å². The van der Waals surface area contributed by atoms with Gasteiger partial charge in [-0.2, -0.15) is 0 Å². The Bertz CT molecular complexity index is 969. The van der Waals surface area contributed by atoms with E-state index in [1.165, 1.54) is 6.07 Å². The lowest BCUT2D eigenvalue weighted by atomic mass is 10.1. The van der Waals surface area contributed by atoms with Crippen LogP contribution in [-0.2, 0) is 13.0 Å². The van der Waals surface area contributed by atoms with Crippen molar-refractivity contribution in [3.05, 3.63) is 70.4 Å². The van der Waals surface area contributed by atoms with Crippen molar-refractivity contribution in [2.24, 2.45) is 0 Å². The van der Waals surface area contributed by atoms with Gasteiger partial charge in [0, 0.05) is 30.8 Å². The van der Waals surface area contributed by atoms with Gasteiger partial charge in [-0.3, -0.25) is 0 Å². The number of anilines is 2. The van der Waals surface area contributed by atoms with Gasteiger partial charge in [0.15, 0.2) is 5.82 Å². The number of aromatic nitrogens is 2. The Morgan fingerprint density at radius 1 is 1.23 bits per heavy atom. The fraction of sp³-hybridized carbons (Fsp3) is 0.158. The summed E-state index contributed by atoms with van der Waals surface area (Å²) in [5.74, 6) is -0.247. The van der Waals surface area contributed by atoms with Crippen LogP contribution >= 0.6 is 11.6 Å². The molecule has 0 aliphatic carbocycles. The number of fused-ring (bicyclic) bond motifs is 1. The van der Waals surface area contributed by atoms with Crippen LogP contribution in [0.15, 0.2) is 48.5 Å². The SMILES string of the molecule is O=C(O)c1ccc(Cl)c(-n2nc(Nc3ccccc3)c3c2CCNC3)c1. The van der Waals surface area contributed by atoms with Crippen LogP contribution in [0.5, 0.6) is 0 Å². The van der Waals surface area contributed by atoms with Crippen molar-refractivity contribution in [1.82, 2.24) is 15.1 Å². The first-order chi connectivity index (χ1) is 12.6. The maximum absolute atomic E-state index is 11.3. The van der Waals surface area contributed by atoms with Crippen LogP contribution in [0.4, 0.5) is 11.5 Å². The fourth-order valence-corrected chi connectivity index (χ4v) is 3.31. The number of carbonyl (C=O) groups is 1. The van der Waals surface area contributed by atoms with E-state index in [-0.39, 0.29) is 5.56 Å². The fourth-order valence-electron chi connectivity index (χ4n) is 3.11.